The zero-order chi connectivity index (χ0) is 15.9. The maximum Gasteiger partial charge on any atom is 0.317 e. The third kappa shape index (κ3) is 4.91. The molecule has 4 nitrogen and oxygen atoms in total. The van der Waals surface area contributed by atoms with Gasteiger partial charge < -0.3 is 15.2 Å². The average molecular weight is 340 g/mol. The molecular weight excluding hydrogens is 325 g/mol. The Morgan fingerprint density at radius 2 is 1.91 bits per heavy atom. The van der Waals surface area contributed by atoms with E-state index in [-0.39, 0.29) is 6.54 Å². The number of nitrogens with one attached hydrogen (secondary N) is 1. The molecule has 0 bridgehead atoms. The molecule has 0 aliphatic rings. The van der Waals surface area contributed by atoms with Gasteiger partial charge in [-0.25, -0.2) is 0 Å². The Balaban J connectivity index is 1.99. The molecule has 116 valence electrons. The summed E-state index contributed by atoms with van der Waals surface area (Å²) >= 11 is 11.8. The van der Waals surface area contributed by atoms with Gasteiger partial charge >= 0.3 is 5.97 Å². The van der Waals surface area contributed by atoms with Crippen molar-refractivity contribution in [2.24, 2.45) is 0 Å². The molecule has 0 unspecified atom stereocenters. The summed E-state index contributed by atoms with van der Waals surface area (Å²) in [5.41, 5.74) is 1.80. The number of rotatable bonds is 7. The Bertz CT molecular complexity index is 662. The van der Waals surface area contributed by atoms with Crippen molar-refractivity contribution in [1.82, 2.24) is 5.32 Å². The van der Waals surface area contributed by atoms with Crippen molar-refractivity contribution in [1.29, 1.82) is 0 Å². The Morgan fingerprint density at radius 3 is 2.64 bits per heavy atom. The summed E-state index contributed by atoms with van der Waals surface area (Å²) in [7, 11) is 0. The quantitative estimate of drug-likeness (QED) is 0.806. The number of benzene rings is 2. The van der Waals surface area contributed by atoms with Gasteiger partial charge in [0.2, 0.25) is 0 Å². The zero-order valence-electron chi connectivity index (χ0n) is 11.7. The highest BCUT2D eigenvalue weighted by Crippen LogP contribution is 2.24. The molecule has 2 N–H and O–H groups in total. The molecule has 22 heavy (non-hydrogen) atoms. The minimum atomic E-state index is -0.894. The van der Waals surface area contributed by atoms with E-state index in [9.17, 15) is 4.79 Å². The monoisotopic (exact) mass is 339 g/mol. The van der Waals surface area contributed by atoms with Gasteiger partial charge in [-0.1, -0.05) is 47.5 Å². The van der Waals surface area contributed by atoms with E-state index in [1.807, 2.05) is 30.3 Å². The standard InChI is InChI=1S/C16H15Cl2NO3/c17-13-6-5-11(7-14(13)18)10-22-15-4-2-1-3-12(15)8-19-9-16(20)21/h1-7,19H,8-10H2,(H,20,21). The van der Waals surface area contributed by atoms with Crippen molar-refractivity contribution >= 4 is 29.2 Å². The molecule has 6 heteroatoms. The molecule has 0 atom stereocenters. The third-order valence-electron chi connectivity index (χ3n) is 2.94. The summed E-state index contributed by atoms with van der Waals surface area (Å²) in [4.78, 5) is 10.5. The van der Waals surface area contributed by atoms with Gasteiger partial charge in [-0.05, 0) is 23.8 Å². The number of halogens is 2. The smallest absolute Gasteiger partial charge is 0.317 e. The van der Waals surface area contributed by atoms with Gasteiger partial charge in [-0.15, -0.1) is 0 Å². The lowest BCUT2D eigenvalue weighted by atomic mass is 10.2. The van der Waals surface area contributed by atoms with Crippen LogP contribution in [-0.4, -0.2) is 17.6 Å². The Hall–Kier alpha value is -1.75. The first kappa shape index (κ1) is 16.6. The van der Waals surface area contributed by atoms with Crippen LogP contribution in [0, 0.1) is 0 Å². The van der Waals surface area contributed by atoms with Gasteiger partial charge in [0.15, 0.2) is 0 Å². The number of carbonyl (C=O) groups is 1. The van der Waals surface area contributed by atoms with E-state index >= 15 is 0 Å². The van der Waals surface area contributed by atoms with Crippen LogP contribution in [0.5, 0.6) is 5.75 Å². The second-order valence-electron chi connectivity index (χ2n) is 4.64. The van der Waals surface area contributed by atoms with E-state index < -0.39 is 5.97 Å². The first-order valence-electron chi connectivity index (χ1n) is 6.63. The van der Waals surface area contributed by atoms with Gasteiger partial charge in [0, 0.05) is 12.1 Å². The van der Waals surface area contributed by atoms with Gasteiger partial charge in [-0.3, -0.25) is 4.79 Å². The van der Waals surface area contributed by atoms with E-state index in [2.05, 4.69) is 5.32 Å². The van der Waals surface area contributed by atoms with Gasteiger partial charge in [0.05, 0.1) is 16.6 Å². The second kappa shape index (κ2) is 8.03. The molecule has 0 aromatic heterocycles. The fourth-order valence-electron chi connectivity index (χ4n) is 1.89. The lowest BCUT2D eigenvalue weighted by molar-refractivity contribution is -0.136. The predicted molar refractivity (Wildman–Crippen MR) is 86.6 cm³/mol. The number of hydrogen-bond acceptors (Lipinski definition) is 3. The van der Waals surface area contributed by atoms with Crippen LogP contribution in [-0.2, 0) is 17.9 Å². The van der Waals surface area contributed by atoms with E-state index in [0.29, 0.717) is 28.9 Å². The first-order valence-corrected chi connectivity index (χ1v) is 7.39. The summed E-state index contributed by atoms with van der Waals surface area (Å²) in [5, 5.41) is 12.5. The molecule has 0 amide bonds. The van der Waals surface area contributed by atoms with Crippen LogP contribution >= 0.6 is 23.2 Å². The lowest BCUT2D eigenvalue weighted by Gasteiger charge is -2.12. The van der Waals surface area contributed by atoms with Gasteiger partial charge in [0.25, 0.3) is 0 Å². The van der Waals surface area contributed by atoms with E-state index in [4.69, 9.17) is 33.0 Å². The van der Waals surface area contributed by atoms with Crippen LogP contribution in [0.4, 0.5) is 0 Å². The predicted octanol–water partition coefficient (Wildman–Crippen LogP) is 3.75. The molecule has 0 saturated heterocycles. The fourth-order valence-corrected chi connectivity index (χ4v) is 2.21. The van der Waals surface area contributed by atoms with Crippen LogP contribution in [0.15, 0.2) is 42.5 Å². The Kier molecular flexibility index (Phi) is 6.07. The molecule has 2 aromatic rings. The highest BCUT2D eigenvalue weighted by atomic mass is 35.5. The average Bonchev–Trinajstić information content (AvgIpc) is 2.49. The SMILES string of the molecule is O=C(O)CNCc1ccccc1OCc1ccc(Cl)c(Cl)c1. The molecule has 0 fully saturated rings. The number of aliphatic carboxylic acids is 1. The minimum Gasteiger partial charge on any atom is -0.489 e. The fraction of sp³-hybridized carbons (Fsp3) is 0.188. The topological polar surface area (TPSA) is 58.6 Å². The van der Waals surface area contributed by atoms with Crippen LogP contribution in [0.2, 0.25) is 10.0 Å². The third-order valence-corrected chi connectivity index (χ3v) is 3.68. The molecule has 0 radical (unpaired) electrons. The summed E-state index contributed by atoms with van der Waals surface area (Å²) in [6.45, 7) is 0.678. The van der Waals surface area contributed by atoms with Crippen molar-refractivity contribution in [3.63, 3.8) is 0 Å². The Labute approximate surface area is 138 Å². The summed E-state index contributed by atoms with van der Waals surface area (Å²) in [5.74, 6) is -0.194. The zero-order valence-corrected chi connectivity index (χ0v) is 13.2. The number of carboxylic acid groups (broad SMARTS) is 1. The van der Waals surface area contributed by atoms with Crippen molar-refractivity contribution < 1.29 is 14.6 Å². The number of hydrogen-bond donors (Lipinski definition) is 2. The summed E-state index contributed by atoms with van der Waals surface area (Å²) < 4.78 is 5.79. The Morgan fingerprint density at radius 1 is 1.14 bits per heavy atom. The summed E-state index contributed by atoms with van der Waals surface area (Å²) in [6.07, 6.45) is 0. The minimum absolute atomic E-state index is 0.0961. The van der Waals surface area contributed by atoms with Crippen molar-refractivity contribution in [3.05, 3.63) is 63.6 Å². The first-order chi connectivity index (χ1) is 10.6. The van der Waals surface area contributed by atoms with Crippen LogP contribution in [0.3, 0.4) is 0 Å². The maximum atomic E-state index is 10.5. The molecule has 2 rings (SSSR count). The second-order valence-corrected chi connectivity index (χ2v) is 5.46. The van der Waals surface area contributed by atoms with Gasteiger partial charge in [-0.2, -0.15) is 0 Å². The van der Waals surface area contributed by atoms with Crippen LogP contribution in [0.1, 0.15) is 11.1 Å². The summed E-state index contributed by atoms with van der Waals surface area (Å²) in [6, 6.07) is 12.8. The van der Waals surface area contributed by atoms with Crippen molar-refractivity contribution in [2.45, 2.75) is 13.2 Å². The highest BCUT2D eigenvalue weighted by Gasteiger charge is 2.05. The highest BCUT2D eigenvalue weighted by molar-refractivity contribution is 6.42. The van der Waals surface area contributed by atoms with E-state index in [0.717, 1.165) is 11.1 Å². The number of ether oxygens (including phenoxy) is 1. The van der Waals surface area contributed by atoms with E-state index in [1.165, 1.54) is 0 Å². The molecule has 0 heterocycles. The maximum absolute atomic E-state index is 10.5. The van der Waals surface area contributed by atoms with Crippen molar-refractivity contribution in [2.75, 3.05) is 6.54 Å². The molecular formula is C16H15Cl2NO3. The lowest BCUT2D eigenvalue weighted by Crippen LogP contribution is -2.22. The van der Waals surface area contributed by atoms with Gasteiger partial charge in [0.1, 0.15) is 12.4 Å². The molecule has 2 aromatic carbocycles. The van der Waals surface area contributed by atoms with Crippen LogP contribution < -0.4 is 10.1 Å². The van der Waals surface area contributed by atoms with Crippen molar-refractivity contribution in [3.8, 4) is 5.75 Å². The molecule has 0 saturated carbocycles. The molecule has 0 aliphatic carbocycles. The number of carboxylic acids is 1. The molecule has 0 spiro atoms. The van der Waals surface area contributed by atoms with Crippen LogP contribution in [0.25, 0.3) is 0 Å². The molecule has 0 aliphatic heterocycles. The largest absolute Gasteiger partial charge is 0.489 e. The van der Waals surface area contributed by atoms with E-state index in [1.54, 1.807) is 12.1 Å². The normalized spacial score (nSPS) is 10.5. The number of para-hydroxylation sites is 1.